The third kappa shape index (κ3) is 21.5. The molecule has 0 saturated heterocycles. The summed E-state index contributed by atoms with van der Waals surface area (Å²) in [4.78, 5) is 25.0. The Kier molecular flexibility index (Phi) is 25.3. The first-order valence-corrected chi connectivity index (χ1v) is 18.5. The van der Waals surface area contributed by atoms with Crippen molar-refractivity contribution in [1.29, 1.82) is 0 Å². The minimum atomic E-state index is -0.291. The highest BCUT2D eigenvalue weighted by Crippen LogP contribution is 2.38. The molecule has 0 aliphatic heterocycles. The molecule has 1 heterocycles. The lowest BCUT2D eigenvalue weighted by atomic mass is 10.0. The van der Waals surface area contributed by atoms with Crippen molar-refractivity contribution in [3.05, 3.63) is 11.5 Å². The van der Waals surface area contributed by atoms with Crippen LogP contribution in [0, 0.1) is 13.8 Å². The van der Waals surface area contributed by atoms with Gasteiger partial charge in [0.2, 0.25) is 11.5 Å². The highest BCUT2D eigenvalue weighted by molar-refractivity contribution is 5.77. The Hall–Kier alpha value is -1.78. The number of ether oxygens (including phenoxy) is 2. The van der Waals surface area contributed by atoms with Crippen LogP contribution in [0.15, 0.2) is 4.42 Å². The molecule has 0 atom stereocenters. The van der Waals surface area contributed by atoms with Crippen molar-refractivity contribution in [2.24, 2.45) is 0 Å². The number of furan rings is 1. The fourth-order valence-corrected chi connectivity index (χ4v) is 5.78. The Morgan fingerprint density at radius 1 is 0.419 bits per heavy atom. The van der Waals surface area contributed by atoms with Crippen molar-refractivity contribution < 1.29 is 23.5 Å². The van der Waals surface area contributed by atoms with Gasteiger partial charge >= 0.3 is 11.9 Å². The van der Waals surface area contributed by atoms with Gasteiger partial charge in [-0.05, 0) is 26.7 Å². The van der Waals surface area contributed by atoms with Gasteiger partial charge in [-0.15, -0.1) is 0 Å². The van der Waals surface area contributed by atoms with Gasteiger partial charge < -0.3 is 13.9 Å². The maximum atomic E-state index is 12.5. The molecule has 0 unspecified atom stereocenters. The van der Waals surface area contributed by atoms with Gasteiger partial charge in [-0.25, -0.2) is 0 Å². The van der Waals surface area contributed by atoms with Crippen molar-refractivity contribution in [3.8, 4) is 11.5 Å². The number of unbranched alkanes of at least 4 members (excludes halogenated alkanes) is 24. The molecule has 0 amide bonds. The summed E-state index contributed by atoms with van der Waals surface area (Å²) < 4.78 is 16.9. The summed E-state index contributed by atoms with van der Waals surface area (Å²) in [6, 6.07) is 0. The number of carbonyl (C=O) groups is 2. The average Bonchev–Trinajstić information content (AvgIpc) is 3.24. The molecule has 1 aromatic rings. The average molecular weight is 605 g/mol. The number of esters is 2. The Bertz CT molecular complexity index is 747. The van der Waals surface area contributed by atoms with Crippen LogP contribution in [0.1, 0.15) is 205 Å². The summed E-state index contributed by atoms with van der Waals surface area (Å²) in [5, 5.41) is 0. The zero-order chi connectivity index (χ0) is 31.4. The first-order valence-electron chi connectivity index (χ1n) is 18.5. The van der Waals surface area contributed by atoms with Gasteiger partial charge in [-0.2, -0.15) is 0 Å². The number of hydrogen-bond acceptors (Lipinski definition) is 5. The van der Waals surface area contributed by atoms with E-state index in [1.54, 1.807) is 13.8 Å². The molecule has 0 fully saturated rings. The number of aryl methyl sites for hydroxylation is 2. The van der Waals surface area contributed by atoms with E-state index in [-0.39, 0.29) is 23.4 Å². The van der Waals surface area contributed by atoms with Gasteiger partial charge in [0, 0.05) is 12.8 Å². The SMILES string of the molecule is CCCCCCCCCCCCCCCC(=O)Oc1c(C)oc(C)c1OC(=O)CCCCCCCCCCCCCCC. The molecule has 5 nitrogen and oxygen atoms in total. The summed E-state index contributed by atoms with van der Waals surface area (Å²) in [5.74, 6) is 0.883. The van der Waals surface area contributed by atoms with Crippen LogP contribution in [0.5, 0.6) is 11.5 Å². The minimum absolute atomic E-state index is 0.260. The highest BCUT2D eigenvalue weighted by atomic mass is 16.6. The zero-order valence-electron chi connectivity index (χ0n) is 28.8. The Balaban J connectivity index is 2.13. The molecule has 0 aliphatic carbocycles. The lowest BCUT2D eigenvalue weighted by Gasteiger charge is -2.08. The van der Waals surface area contributed by atoms with Gasteiger partial charge in [0.15, 0.2) is 0 Å². The summed E-state index contributed by atoms with van der Waals surface area (Å²) >= 11 is 0. The number of rotatable bonds is 30. The second-order valence-electron chi connectivity index (χ2n) is 12.8. The first-order chi connectivity index (χ1) is 21.0. The van der Waals surface area contributed by atoms with Gasteiger partial charge in [0.1, 0.15) is 11.5 Å². The van der Waals surface area contributed by atoms with E-state index in [9.17, 15) is 9.59 Å². The number of carbonyl (C=O) groups excluding carboxylic acids is 2. The van der Waals surface area contributed by atoms with Gasteiger partial charge in [-0.1, -0.05) is 168 Å². The minimum Gasteiger partial charge on any atom is -0.459 e. The molecule has 250 valence electrons. The Labute approximate surface area is 265 Å². The third-order valence-electron chi connectivity index (χ3n) is 8.55. The molecule has 0 aromatic carbocycles. The monoisotopic (exact) mass is 605 g/mol. The second-order valence-corrected chi connectivity index (χ2v) is 12.8. The smallest absolute Gasteiger partial charge is 0.311 e. The van der Waals surface area contributed by atoms with E-state index >= 15 is 0 Å². The van der Waals surface area contributed by atoms with E-state index in [0.717, 1.165) is 38.5 Å². The van der Waals surface area contributed by atoms with Crippen LogP contribution in [0.25, 0.3) is 0 Å². The normalized spacial score (nSPS) is 11.3. The van der Waals surface area contributed by atoms with Crippen molar-refractivity contribution in [2.75, 3.05) is 0 Å². The third-order valence-corrected chi connectivity index (χ3v) is 8.55. The predicted molar refractivity (Wildman–Crippen MR) is 180 cm³/mol. The van der Waals surface area contributed by atoms with Crippen LogP contribution >= 0.6 is 0 Å². The molecule has 1 rings (SSSR count). The lowest BCUT2D eigenvalue weighted by Crippen LogP contribution is -2.12. The highest BCUT2D eigenvalue weighted by Gasteiger charge is 2.23. The summed E-state index contributed by atoms with van der Waals surface area (Å²) in [6.07, 6.45) is 33.7. The largest absolute Gasteiger partial charge is 0.459 e. The fraction of sp³-hybridized carbons (Fsp3) is 0.842. The zero-order valence-corrected chi connectivity index (χ0v) is 28.8. The van der Waals surface area contributed by atoms with Gasteiger partial charge in [-0.3, -0.25) is 9.59 Å². The van der Waals surface area contributed by atoms with Crippen molar-refractivity contribution in [2.45, 2.75) is 207 Å². The molecule has 43 heavy (non-hydrogen) atoms. The van der Waals surface area contributed by atoms with E-state index < -0.39 is 0 Å². The molecule has 0 bridgehead atoms. The maximum absolute atomic E-state index is 12.5. The van der Waals surface area contributed by atoms with E-state index in [0.29, 0.717) is 24.4 Å². The van der Waals surface area contributed by atoms with Crippen molar-refractivity contribution in [1.82, 2.24) is 0 Å². The van der Waals surface area contributed by atoms with Crippen LogP contribution in [-0.4, -0.2) is 11.9 Å². The lowest BCUT2D eigenvalue weighted by molar-refractivity contribution is -0.137. The standard InChI is InChI=1S/C38H68O5/c1-5-7-9-11-13-15-17-19-21-23-25-27-29-31-35(39)42-37-33(3)41-34(4)38(37)43-36(40)32-30-28-26-24-22-20-18-16-14-12-10-8-6-2/h5-32H2,1-4H3. The summed E-state index contributed by atoms with van der Waals surface area (Å²) in [6.45, 7) is 8.01. The molecular weight excluding hydrogens is 536 g/mol. The van der Waals surface area contributed by atoms with Crippen LogP contribution in [0.4, 0.5) is 0 Å². The van der Waals surface area contributed by atoms with Crippen LogP contribution in [-0.2, 0) is 9.59 Å². The summed E-state index contributed by atoms with van der Waals surface area (Å²) in [7, 11) is 0. The van der Waals surface area contributed by atoms with Crippen molar-refractivity contribution >= 4 is 11.9 Å². The Morgan fingerprint density at radius 3 is 0.907 bits per heavy atom. The molecule has 0 aliphatic rings. The van der Waals surface area contributed by atoms with E-state index in [2.05, 4.69) is 13.8 Å². The molecule has 0 radical (unpaired) electrons. The fourth-order valence-electron chi connectivity index (χ4n) is 5.78. The second kappa shape index (κ2) is 27.7. The molecule has 0 N–H and O–H groups in total. The van der Waals surface area contributed by atoms with Gasteiger partial charge in [0.25, 0.3) is 0 Å². The topological polar surface area (TPSA) is 65.7 Å². The van der Waals surface area contributed by atoms with Crippen LogP contribution in [0.2, 0.25) is 0 Å². The molecular formula is C38H68O5. The van der Waals surface area contributed by atoms with Crippen LogP contribution < -0.4 is 9.47 Å². The quantitative estimate of drug-likeness (QED) is 0.0645. The predicted octanol–water partition coefficient (Wildman–Crippen LogP) is 12.7. The molecule has 0 saturated carbocycles. The van der Waals surface area contributed by atoms with Gasteiger partial charge in [0.05, 0.1) is 0 Å². The summed E-state index contributed by atoms with van der Waals surface area (Å²) in [5.41, 5.74) is 0. The van der Waals surface area contributed by atoms with Crippen LogP contribution in [0.3, 0.4) is 0 Å². The number of hydrogen-bond donors (Lipinski definition) is 0. The maximum Gasteiger partial charge on any atom is 0.311 e. The molecule has 5 heteroatoms. The molecule has 0 spiro atoms. The van der Waals surface area contributed by atoms with E-state index in [1.165, 1.54) is 128 Å². The van der Waals surface area contributed by atoms with Crippen molar-refractivity contribution in [3.63, 3.8) is 0 Å². The first kappa shape index (κ1) is 39.2. The van der Waals surface area contributed by atoms with E-state index in [1.807, 2.05) is 0 Å². The Morgan fingerprint density at radius 2 is 0.651 bits per heavy atom. The molecule has 1 aromatic heterocycles. The van der Waals surface area contributed by atoms with E-state index in [4.69, 9.17) is 13.9 Å².